The first-order valence-electron chi connectivity index (χ1n) is 6.95. The quantitative estimate of drug-likeness (QED) is 0.852. The molecule has 0 N–H and O–H groups in total. The van der Waals surface area contributed by atoms with E-state index >= 15 is 0 Å². The number of morpholine rings is 1. The third-order valence-electron chi connectivity index (χ3n) is 3.50. The number of aryl methyl sites for hydroxylation is 2. The summed E-state index contributed by atoms with van der Waals surface area (Å²) < 4.78 is 16.9. The Balaban J connectivity index is 1.76. The molecule has 0 amide bonds. The Hall–Kier alpha value is -1.66. The standard InChI is InChI=1S/C14H19N3O3/c1-3-11-4-5-13(20-11)12-9-18-7-6-17(12)8-14-16-15-10(2)19-14/h4-5,12H,3,6-9H2,1-2H3/t12-/m0/s1. The molecule has 1 saturated heterocycles. The van der Waals surface area contributed by atoms with Gasteiger partial charge >= 0.3 is 0 Å². The van der Waals surface area contributed by atoms with E-state index in [1.807, 2.05) is 12.1 Å². The Morgan fingerprint density at radius 1 is 1.30 bits per heavy atom. The van der Waals surface area contributed by atoms with E-state index in [4.69, 9.17) is 13.6 Å². The molecule has 6 heteroatoms. The first-order chi connectivity index (χ1) is 9.76. The van der Waals surface area contributed by atoms with E-state index in [1.165, 1.54) is 0 Å². The van der Waals surface area contributed by atoms with Gasteiger partial charge in [-0.25, -0.2) is 0 Å². The second-order valence-corrected chi connectivity index (χ2v) is 4.93. The first kappa shape index (κ1) is 13.3. The van der Waals surface area contributed by atoms with Crippen LogP contribution < -0.4 is 0 Å². The largest absolute Gasteiger partial charge is 0.464 e. The Morgan fingerprint density at radius 2 is 2.20 bits per heavy atom. The predicted molar refractivity (Wildman–Crippen MR) is 71.1 cm³/mol. The van der Waals surface area contributed by atoms with Gasteiger partial charge in [-0.3, -0.25) is 4.90 Å². The Bertz CT molecular complexity index is 564. The van der Waals surface area contributed by atoms with Gasteiger partial charge in [-0.15, -0.1) is 10.2 Å². The monoisotopic (exact) mass is 277 g/mol. The Kier molecular flexibility index (Phi) is 3.84. The summed E-state index contributed by atoms with van der Waals surface area (Å²) in [5.74, 6) is 3.17. The van der Waals surface area contributed by atoms with E-state index in [0.29, 0.717) is 31.5 Å². The van der Waals surface area contributed by atoms with Crippen molar-refractivity contribution in [3.8, 4) is 0 Å². The zero-order valence-corrected chi connectivity index (χ0v) is 11.8. The number of rotatable bonds is 4. The molecule has 3 rings (SSSR count). The summed E-state index contributed by atoms with van der Waals surface area (Å²) in [7, 11) is 0. The average Bonchev–Trinajstić information content (AvgIpc) is 3.08. The van der Waals surface area contributed by atoms with Crippen LogP contribution in [0.4, 0.5) is 0 Å². The number of hydrogen-bond acceptors (Lipinski definition) is 6. The van der Waals surface area contributed by atoms with Crippen LogP contribution in [0.3, 0.4) is 0 Å². The molecule has 20 heavy (non-hydrogen) atoms. The highest BCUT2D eigenvalue weighted by atomic mass is 16.5. The van der Waals surface area contributed by atoms with Crippen molar-refractivity contribution in [2.24, 2.45) is 0 Å². The summed E-state index contributed by atoms with van der Waals surface area (Å²) in [6.07, 6.45) is 0.899. The van der Waals surface area contributed by atoms with Gasteiger partial charge in [-0.1, -0.05) is 6.92 Å². The van der Waals surface area contributed by atoms with Gasteiger partial charge < -0.3 is 13.6 Å². The maximum Gasteiger partial charge on any atom is 0.230 e. The molecule has 6 nitrogen and oxygen atoms in total. The molecule has 0 radical (unpaired) electrons. The van der Waals surface area contributed by atoms with Gasteiger partial charge in [0.25, 0.3) is 0 Å². The van der Waals surface area contributed by atoms with Gasteiger partial charge in [0, 0.05) is 19.9 Å². The molecule has 1 aliphatic rings. The van der Waals surface area contributed by atoms with Crippen LogP contribution in [0.15, 0.2) is 21.0 Å². The van der Waals surface area contributed by atoms with Gasteiger partial charge in [0.05, 0.1) is 25.8 Å². The van der Waals surface area contributed by atoms with Crippen LogP contribution in [0.2, 0.25) is 0 Å². The Labute approximate surface area is 117 Å². The van der Waals surface area contributed by atoms with E-state index < -0.39 is 0 Å². The average molecular weight is 277 g/mol. The third-order valence-corrected chi connectivity index (χ3v) is 3.50. The van der Waals surface area contributed by atoms with Crippen LogP contribution >= 0.6 is 0 Å². The molecule has 1 fully saturated rings. The summed E-state index contributed by atoms with van der Waals surface area (Å²) in [6, 6.07) is 4.17. The number of nitrogens with zero attached hydrogens (tertiary/aromatic N) is 3. The molecule has 3 heterocycles. The van der Waals surface area contributed by atoms with Crippen LogP contribution in [0.5, 0.6) is 0 Å². The Morgan fingerprint density at radius 3 is 2.90 bits per heavy atom. The van der Waals surface area contributed by atoms with Crippen molar-refractivity contribution in [1.82, 2.24) is 15.1 Å². The fraction of sp³-hybridized carbons (Fsp3) is 0.571. The van der Waals surface area contributed by atoms with Crippen LogP contribution in [-0.2, 0) is 17.7 Å². The van der Waals surface area contributed by atoms with Crippen molar-refractivity contribution >= 4 is 0 Å². The fourth-order valence-electron chi connectivity index (χ4n) is 2.43. The van der Waals surface area contributed by atoms with Crippen LogP contribution in [0.25, 0.3) is 0 Å². The number of furan rings is 1. The maximum atomic E-state index is 5.86. The van der Waals surface area contributed by atoms with Gasteiger partial charge in [0.2, 0.25) is 11.8 Å². The molecule has 0 aliphatic carbocycles. The highest BCUT2D eigenvalue weighted by Crippen LogP contribution is 2.27. The van der Waals surface area contributed by atoms with E-state index in [2.05, 4.69) is 22.0 Å². The maximum absolute atomic E-state index is 5.86. The lowest BCUT2D eigenvalue weighted by Crippen LogP contribution is -2.38. The molecule has 108 valence electrons. The zero-order valence-electron chi connectivity index (χ0n) is 11.8. The van der Waals surface area contributed by atoms with Crippen molar-refractivity contribution in [2.75, 3.05) is 19.8 Å². The first-order valence-corrected chi connectivity index (χ1v) is 6.95. The lowest BCUT2D eigenvalue weighted by Gasteiger charge is -2.33. The molecule has 2 aromatic heterocycles. The highest BCUT2D eigenvalue weighted by Gasteiger charge is 2.28. The van der Waals surface area contributed by atoms with Gasteiger partial charge in [0.15, 0.2) is 0 Å². The smallest absolute Gasteiger partial charge is 0.230 e. The summed E-state index contributed by atoms with van der Waals surface area (Å²) in [5.41, 5.74) is 0. The molecule has 0 spiro atoms. The summed E-state index contributed by atoms with van der Waals surface area (Å²) >= 11 is 0. The van der Waals surface area contributed by atoms with Gasteiger partial charge in [0.1, 0.15) is 11.5 Å². The minimum absolute atomic E-state index is 0.108. The lowest BCUT2D eigenvalue weighted by atomic mass is 10.2. The van der Waals surface area contributed by atoms with Crippen molar-refractivity contribution in [1.29, 1.82) is 0 Å². The molecule has 1 aliphatic heterocycles. The zero-order chi connectivity index (χ0) is 13.9. The normalized spacial score (nSPS) is 20.4. The molecule has 1 atom stereocenters. The van der Waals surface area contributed by atoms with Crippen LogP contribution in [0.1, 0.15) is 36.3 Å². The molecule has 0 unspecified atom stereocenters. The molecular formula is C14H19N3O3. The third kappa shape index (κ3) is 2.76. The minimum atomic E-state index is 0.108. The molecular weight excluding hydrogens is 258 g/mol. The summed E-state index contributed by atoms with van der Waals surface area (Å²) in [4.78, 5) is 2.26. The fourth-order valence-corrected chi connectivity index (χ4v) is 2.43. The van der Waals surface area contributed by atoms with Crippen molar-refractivity contribution in [3.05, 3.63) is 35.4 Å². The van der Waals surface area contributed by atoms with E-state index in [9.17, 15) is 0 Å². The van der Waals surface area contributed by atoms with E-state index in [0.717, 1.165) is 24.5 Å². The second-order valence-electron chi connectivity index (χ2n) is 4.93. The van der Waals surface area contributed by atoms with Gasteiger partial charge in [-0.2, -0.15) is 0 Å². The molecule has 0 saturated carbocycles. The lowest BCUT2D eigenvalue weighted by molar-refractivity contribution is -0.0240. The predicted octanol–water partition coefficient (Wildman–Crippen LogP) is 2.11. The molecule has 0 bridgehead atoms. The number of aromatic nitrogens is 2. The second kappa shape index (κ2) is 5.76. The summed E-state index contributed by atoms with van der Waals surface area (Å²) in [5, 5.41) is 7.93. The molecule has 0 aromatic carbocycles. The van der Waals surface area contributed by atoms with Crippen molar-refractivity contribution < 1.29 is 13.6 Å². The number of ether oxygens (including phenoxy) is 1. The van der Waals surface area contributed by atoms with Crippen LogP contribution in [0, 0.1) is 6.92 Å². The van der Waals surface area contributed by atoms with Crippen molar-refractivity contribution in [2.45, 2.75) is 32.9 Å². The van der Waals surface area contributed by atoms with E-state index in [1.54, 1.807) is 6.92 Å². The van der Waals surface area contributed by atoms with Crippen LogP contribution in [-0.4, -0.2) is 34.9 Å². The minimum Gasteiger partial charge on any atom is -0.464 e. The highest BCUT2D eigenvalue weighted by molar-refractivity contribution is 5.12. The summed E-state index contributed by atoms with van der Waals surface area (Å²) in [6.45, 7) is 6.67. The topological polar surface area (TPSA) is 64.5 Å². The van der Waals surface area contributed by atoms with E-state index in [-0.39, 0.29) is 6.04 Å². The van der Waals surface area contributed by atoms with Gasteiger partial charge in [-0.05, 0) is 12.1 Å². The molecule has 2 aromatic rings. The SMILES string of the molecule is CCc1ccc([C@@H]2COCCN2Cc2nnc(C)o2)o1. The number of hydrogen-bond donors (Lipinski definition) is 0. The van der Waals surface area contributed by atoms with Crippen molar-refractivity contribution in [3.63, 3.8) is 0 Å².